The van der Waals surface area contributed by atoms with Crippen LogP contribution in [0.2, 0.25) is 0 Å². The van der Waals surface area contributed by atoms with E-state index in [-0.39, 0.29) is 6.42 Å². The molecule has 0 amide bonds. The van der Waals surface area contributed by atoms with Crippen LogP contribution in [0.4, 0.5) is 0 Å². The highest BCUT2D eigenvalue weighted by Gasteiger charge is 2.18. The Morgan fingerprint density at radius 2 is 2.09 bits per heavy atom. The fourth-order valence-electron chi connectivity index (χ4n) is 2.48. The second kappa shape index (κ2) is 9.46. The van der Waals surface area contributed by atoms with Crippen molar-refractivity contribution in [3.05, 3.63) is 35.8 Å². The van der Waals surface area contributed by atoms with E-state index in [0.29, 0.717) is 6.42 Å². The third kappa shape index (κ3) is 8.67. The predicted octanol–water partition coefficient (Wildman–Crippen LogP) is 4.33. The second-order valence-electron chi connectivity index (χ2n) is 6.32. The summed E-state index contributed by atoms with van der Waals surface area (Å²) in [6, 6.07) is 1.96. The lowest BCUT2D eigenvalue weighted by atomic mass is 9.92. The van der Waals surface area contributed by atoms with Crippen molar-refractivity contribution in [3.63, 3.8) is 0 Å². The Labute approximate surface area is 132 Å². The molecule has 0 aliphatic rings. The van der Waals surface area contributed by atoms with Gasteiger partial charge in [-0.05, 0) is 70.4 Å². The number of hydrogen-bond acceptors (Lipinski definition) is 3. The van der Waals surface area contributed by atoms with Gasteiger partial charge in [-0.2, -0.15) is 0 Å². The molecule has 0 saturated carbocycles. The third-order valence-corrected chi connectivity index (χ3v) is 3.90. The molecule has 4 heteroatoms. The van der Waals surface area contributed by atoms with Gasteiger partial charge < -0.3 is 14.6 Å². The average molecular weight is 308 g/mol. The van der Waals surface area contributed by atoms with Gasteiger partial charge in [0.15, 0.2) is 0 Å². The lowest BCUT2D eigenvalue weighted by Crippen LogP contribution is -2.23. The number of carboxylic acids is 1. The molecule has 0 fully saturated rings. The van der Waals surface area contributed by atoms with E-state index in [1.165, 1.54) is 11.1 Å². The maximum absolute atomic E-state index is 10.5. The first-order valence-electron chi connectivity index (χ1n) is 8.00. The largest absolute Gasteiger partial charge is 0.481 e. The molecule has 1 rings (SSSR count). The molecule has 1 unspecified atom stereocenters. The van der Waals surface area contributed by atoms with Gasteiger partial charge in [-0.25, -0.2) is 0 Å². The molecule has 4 nitrogen and oxygen atoms in total. The molecule has 0 aliphatic carbocycles. The van der Waals surface area contributed by atoms with Gasteiger partial charge in [-0.15, -0.1) is 0 Å². The monoisotopic (exact) mass is 308 g/mol. The Morgan fingerprint density at radius 3 is 2.73 bits per heavy atom. The van der Waals surface area contributed by atoms with Crippen LogP contribution in [0.3, 0.4) is 0 Å². The number of rotatable bonds is 11. The number of carbonyl (C=O) groups is 1. The lowest BCUT2D eigenvalue weighted by Gasteiger charge is -2.22. The quantitative estimate of drug-likeness (QED) is 0.597. The summed E-state index contributed by atoms with van der Waals surface area (Å²) < 4.78 is 5.03. The molecular formula is C18H28O4. The average Bonchev–Trinajstić information content (AvgIpc) is 2.91. The van der Waals surface area contributed by atoms with Gasteiger partial charge in [0, 0.05) is 6.42 Å². The highest BCUT2D eigenvalue weighted by atomic mass is 16.4. The Hall–Kier alpha value is -1.55. The molecule has 22 heavy (non-hydrogen) atoms. The summed E-state index contributed by atoms with van der Waals surface area (Å²) in [5.41, 5.74) is 1.72. The van der Waals surface area contributed by atoms with Crippen LogP contribution in [0.5, 0.6) is 0 Å². The fourth-order valence-corrected chi connectivity index (χ4v) is 2.48. The molecule has 1 aromatic heterocycles. The highest BCUT2D eigenvalue weighted by molar-refractivity contribution is 5.66. The van der Waals surface area contributed by atoms with Crippen LogP contribution in [0.1, 0.15) is 64.4 Å². The van der Waals surface area contributed by atoms with Gasteiger partial charge in [0.2, 0.25) is 0 Å². The van der Waals surface area contributed by atoms with E-state index < -0.39 is 11.6 Å². The van der Waals surface area contributed by atoms with Crippen molar-refractivity contribution in [1.82, 2.24) is 0 Å². The fraction of sp³-hybridized carbons (Fsp3) is 0.611. The number of aryl methyl sites for hydroxylation is 1. The van der Waals surface area contributed by atoms with Crippen molar-refractivity contribution in [2.45, 2.75) is 70.8 Å². The van der Waals surface area contributed by atoms with Crippen LogP contribution < -0.4 is 0 Å². The normalized spacial score (nSPS) is 14.8. The maximum Gasteiger partial charge on any atom is 0.303 e. The number of aliphatic carboxylic acids is 1. The van der Waals surface area contributed by atoms with E-state index in [0.717, 1.165) is 38.5 Å². The Bertz CT molecular complexity index is 457. The standard InChI is InChI=1S/C18H28O4/c1-15(6-3-9-17(19)20)7-4-11-18(2,21)12-5-8-16-10-13-22-14-16/h7,10,13-14,21H,3-6,8-9,11-12H2,1-2H3,(H,19,20). The molecule has 0 aromatic carbocycles. The summed E-state index contributed by atoms with van der Waals surface area (Å²) >= 11 is 0. The van der Waals surface area contributed by atoms with Crippen molar-refractivity contribution in [1.29, 1.82) is 0 Å². The zero-order chi connectivity index (χ0) is 16.4. The van der Waals surface area contributed by atoms with Crippen molar-refractivity contribution in [2.75, 3.05) is 0 Å². The molecule has 0 spiro atoms. The molecular weight excluding hydrogens is 280 g/mol. The van der Waals surface area contributed by atoms with Crippen LogP contribution in [0.15, 0.2) is 34.7 Å². The molecule has 1 aromatic rings. The minimum Gasteiger partial charge on any atom is -0.481 e. The first kappa shape index (κ1) is 18.5. The summed E-state index contributed by atoms with van der Waals surface area (Å²) in [7, 11) is 0. The first-order chi connectivity index (χ1) is 10.4. The summed E-state index contributed by atoms with van der Waals surface area (Å²) in [5.74, 6) is -0.742. The van der Waals surface area contributed by atoms with Crippen LogP contribution in [-0.4, -0.2) is 21.8 Å². The van der Waals surface area contributed by atoms with E-state index in [1.54, 1.807) is 12.5 Å². The molecule has 1 atom stereocenters. The summed E-state index contributed by atoms with van der Waals surface area (Å²) in [6.07, 6.45) is 11.4. The maximum atomic E-state index is 10.5. The molecule has 2 N–H and O–H groups in total. The van der Waals surface area contributed by atoms with Gasteiger partial charge in [-0.3, -0.25) is 4.79 Å². The lowest BCUT2D eigenvalue weighted by molar-refractivity contribution is -0.137. The van der Waals surface area contributed by atoms with E-state index in [9.17, 15) is 9.90 Å². The number of aliphatic hydroxyl groups is 1. The van der Waals surface area contributed by atoms with E-state index in [1.807, 2.05) is 19.9 Å². The van der Waals surface area contributed by atoms with Gasteiger partial charge >= 0.3 is 5.97 Å². The Morgan fingerprint density at radius 1 is 1.32 bits per heavy atom. The van der Waals surface area contributed by atoms with Crippen molar-refractivity contribution in [3.8, 4) is 0 Å². The van der Waals surface area contributed by atoms with E-state index in [4.69, 9.17) is 9.52 Å². The number of allylic oxidation sites excluding steroid dienone is 2. The SMILES string of the molecule is CC(=CCCC(C)(O)CCCc1ccoc1)CCCC(=O)O. The molecule has 0 bridgehead atoms. The van der Waals surface area contributed by atoms with Gasteiger partial charge in [-0.1, -0.05) is 11.6 Å². The second-order valence-corrected chi connectivity index (χ2v) is 6.32. The Kier molecular flexibility index (Phi) is 7.96. The minimum atomic E-state index is -0.742. The van der Waals surface area contributed by atoms with Crippen molar-refractivity contribution in [2.24, 2.45) is 0 Å². The molecule has 0 saturated heterocycles. The van der Waals surface area contributed by atoms with E-state index in [2.05, 4.69) is 6.08 Å². The number of carboxylic acid groups (broad SMARTS) is 1. The number of furan rings is 1. The van der Waals surface area contributed by atoms with Crippen LogP contribution in [-0.2, 0) is 11.2 Å². The van der Waals surface area contributed by atoms with Gasteiger partial charge in [0.25, 0.3) is 0 Å². The molecule has 0 aliphatic heterocycles. The predicted molar refractivity (Wildman–Crippen MR) is 86.7 cm³/mol. The molecule has 0 radical (unpaired) electrons. The highest BCUT2D eigenvalue weighted by Crippen LogP contribution is 2.21. The Balaban J connectivity index is 2.18. The van der Waals surface area contributed by atoms with Gasteiger partial charge in [0.05, 0.1) is 18.1 Å². The third-order valence-electron chi connectivity index (χ3n) is 3.90. The summed E-state index contributed by atoms with van der Waals surface area (Å²) in [6.45, 7) is 3.91. The minimum absolute atomic E-state index is 0.219. The van der Waals surface area contributed by atoms with Crippen LogP contribution in [0.25, 0.3) is 0 Å². The zero-order valence-electron chi connectivity index (χ0n) is 13.7. The van der Waals surface area contributed by atoms with E-state index >= 15 is 0 Å². The summed E-state index contributed by atoms with van der Waals surface area (Å²) in [4.78, 5) is 10.5. The van der Waals surface area contributed by atoms with Crippen LogP contribution in [0, 0.1) is 0 Å². The number of hydrogen-bond donors (Lipinski definition) is 2. The molecule has 1 heterocycles. The van der Waals surface area contributed by atoms with Gasteiger partial charge in [0.1, 0.15) is 0 Å². The topological polar surface area (TPSA) is 70.7 Å². The zero-order valence-corrected chi connectivity index (χ0v) is 13.7. The molecule has 124 valence electrons. The van der Waals surface area contributed by atoms with Crippen molar-refractivity contribution < 1.29 is 19.4 Å². The van der Waals surface area contributed by atoms with Crippen LogP contribution >= 0.6 is 0 Å². The van der Waals surface area contributed by atoms with Crippen molar-refractivity contribution >= 4 is 5.97 Å². The summed E-state index contributed by atoms with van der Waals surface area (Å²) in [5, 5.41) is 19.0. The first-order valence-corrected chi connectivity index (χ1v) is 8.00. The smallest absolute Gasteiger partial charge is 0.303 e.